The first-order valence-electron chi connectivity index (χ1n) is 4.30. The van der Waals surface area contributed by atoms with Gasteiger partial charge in [-0.3, -0.25) is 4.98 Å². The molecule has 0 fully saturated rings. The van der Waals surface area contributed by atoms with Gasteiger partial charge in [-0.25, -0.2) is 8.78 Å². The van der Waals surface area contributed by atoms with Crippen molar-refractivity contribution in [3.8, 4) is 6.07 Å². The Balaban J connectivity index is 3.34. The van der Waals surface area contributed by atoms with Gasteiger partial charge in [0.1, 0.15) is 0 Å². The van der Waals surface area contributed by atoms with Gasteiger partial charge in [-0.1, -0.05) is 0 Å². The van der Waals surface area contributed by atoms with Crippen LogP contribution in [0, 0.1) is 18.3 Å². The molecule has 0 bridgehead atoms. The highest BCUT2D eigenvalue weighted by molar-refractivity contribution is 6.17. The van der Waals surface area contributed by atoms with Crippen molar-refractivity contribution in [3.63, 3.8) is 0 Å². The van der Waals surface area contributed by atoms with Crippen LogP contribution in [0.1, 0.15) is 28.8 Å². The molecule has 0 aliphatic heterocycles. The topological polar surface area (TPSA) is 36.7 Å². The predicted octanol–water partition coefficient (Wildman–Crippen LogP) is 3.13. The van der Waals surface area contributed by atoms with E-state index in [1.807, 2.05) is 6.07 Å². The SMILES string of the molecule is Cc1ncc(C(F)F)c(CCl)c1CC#N. The summed E-state index contributed by atoms with van der Waals surface area (Å²) in [5.41, 5.74) is 1.25. The van der Waals surface area contributed by atoms with Crippen LogP contribution in [-0.4, -0.2) is 4.98 Å². The number of alkyl halides is 3. The van der Waals surface area contributed by atoms with Crippen molar-refractivity contribution in [2.24, 2.45) is 0 Å². The second kappa shape index (κ2) is 5.04. The van der Waals surface area contributed by atoms with Gasteiger partial charge in [0.25, 0.3) is 6.43 Å². The van der Waals surface area contributed by atoms with Crippen LogP contribution in [0.2, 0.25) is 0 Å². The third-order valence-electron chi connectivity index (χ3n) is 2.17. The van der Waals surface area contributed by atoms with E-state index in [4.69, 9.17) is 16.9 Å². The van der Waals surface area contributed by atoms with Crippen LogP contribution < -0.4 is 0 Å². The molecule has 1 rings (SSSR count). The fourth-order valence-corrected chi connectivity index (χ4v) is 1.69. The summed E-state index contributed by atoms with van der Waals surface area (Å²) in [7, 11) is 0. The maximum Gasteiger partial charge on any atom is 0.265 e. The van der Waals surface area contributed by atoms with Crippen molar-refractivity contribution in [1.29, 1.82) is 5.26 Å². The Kier molecular flexibility index (Phi) is 3.98. The van der Waals surface area contributed by atoms with Gasteiger partial charge in [0, 0.05) is 23.3 Å². The number of rotatable bonds is 3. The zero-order valence-electron chi connectivity index (χ0n) is 8.10. The van der Waals surface area contributed by atoms with Crippen LogP contribution in [0.15, 0.2) is 6.20 Å². The number of halogens is 3. The molecule has 0 aliphatic rings. The van der Waals surface area contributed by atoms with Crippen molar-refractivity contribution in [3.05, 3.63) is 28.6 Å². The standard InChI is InChI=1S/C10H9ClF2N2/c1-6-7(2-3-14)8(4-11)9(5-15-6)10(12)13/h5,10H,2,4H2,1H3. The second-order valence-corrected chi connectivity index (χ2v) is 3.29. The minimum Gasteiger partial charge on any atom is -0.261 e. The Morgan fingerprint density at radius 3 is 2.67 bits per heavy atom. The van der Waals surface area contributed by atoms with E-state index in [-0.39, 0.29) is 17.9 Å². The molecule has 1 aromatic heterocycles. The van der Waals surface area contributed by atoms with E-state index >= 15 is 0 Å². The lowest BCUT2D eigenvalue weighted by Gasteiger charge is -2.11. The lowest BCUT2D eigenvalue weighted by Crippen LogP contribution is -2.03. The zero-order chi connectivity index (χ0) is 11.4. The van der Waals surface area contributed by atoms with E-state index in [1.54, 1.807) is 6.92 Å². The molecule has 80 valence electrons. The number of nitrogens with zero attached hydrogens (tertiary/aromatic N) is 2. The average Bonchev–Trinajstić information content (AvgIpc) is 2.20. The highest BCUT2D eigenvalue weighted by Gasteiger charge is 2.17. The molecule has 0 atom stereocenters. The molecule has 1 aromatic rings. The molecule has 0 radical (unpaired) electrons. The summed E-state index contributed by atoms with van der Waals surface area (Å²) in [5.74, 6) is -0.0277. The van der Waals surface area contributed by atoms with Crippen LogP contribution >= 0.6 is 11.6 Å². The normalized spacial score (nSPS) is 10.4. The first-order valence-corrected chi connectivity index (χ1v) is 4.83. The van der Waals surface area contributed by atoms with Crippen molar-refractivity contribution >= 4 is 11.6 Å². The van der Waals surface area contributed by atoms with E-state index < -0.39 is 6.43 Å². The third kappa shape index (κ3) is 2.42. The van der Waals surface area contributed by atoms with Crippen molar-refractivity contribution in [1.82, 2.24) is 4.98 Å². The molecule has 15 heavy (non-hydrogen) atoms. The molecule has 0 saturated carbocycles. The molecular weight excluding hydrogens is 222 g/mol. The van der Waals surface area contributed by atoms with Crippen LogP contribution in [0.3, 0.4) is 0 Å². The van der Waals surface area contributed by atoms with Crippen LogP contribution in [0.5, 0.6) is 0 Å². The molecule has 1 heterocycles. The fraction of sp³-hybridized carbons (Fsp3) is 0.400. The van der Waals surface area contributed by atoms with E-state index in [1.165, 1.54) is 0 Å². The largest absolute Gasteiger partial charge is 0.265 e. The minimum atomic E-state index is -2.61. The molecular formula is C10H9ClF2N2. The lowest BCUT2D eigenvalue weighted by atomic mass is 10.0. The molecule has 0 spiro atoms. The first-order chi connectivity index (χ1) is 7.11. The molecule has 0 aromatic carbocycles. The van der Waals surface area contributed by atoms with Crippen molar-refractivity contribution < 1.29 is 8.78 Å². The molecule has 0 amide bonds. The van der Waals surface area contributed by atoms with E-state index in [0.717, 1.165) is 6.20 Å². The monoisotopic (exact) mass is 230 g/mol. The van der Waals surface area contributed by atoms with Gasteiger partial charge < -0.3 is 0 Å². The van der Waals surface area contributed by atoms with Gasteiger partial charge in [0.2, 0.25) is 0 Å². The van der Waals surface area contributed by atoms with Crippen molar-refractivity contribution in [2.75, 3.05) is 0 Å². The van der Waals surface area contributed by atoms with E-state index in [9.17, 15) is 8.78 Å². The van der Waals surface area contributed by atoms with Crippen molar-refractivity contribution in [2.45, 2.75) is 25.7 Å². The van der Waals surface area contributed by atoms with E-state index in [0.29, 0.717) is 16.8 Å². The highest BCUT2D eigenvalue weighted by atomic mass is 35.5. The van der Waals surface area contributed by atoms with Gasteiger partial charge in [0.15, 0.2) is 0 Å². The van der Waals surface area contributed by atoms with Crippen LogP contribution in [-0.2, 0) is 12.3 Å². The van der Waals surface area contributed by atoms with Gasteiger partial charge >= 0.3 is 0 Å². The number of pyridine rings is 1. The second-order valence-electron chi connectivity index (χ2n) is 3.03. The van der Waals surface area contributed by atoms with Gasteiger partial charge in [-0.15, -0.1) is 11.6 Å². The van der Waals surface area contributed by atoms with Gasteiger partial charge in [-0.05, 0) is 18.1 Å². The smallest absolute Gasteiger partial charge is 0.261 e. The Labute approximate surface area is 91.5 Å². The maximum absolute atomic E-state index is 12.6. The molecule has 2 nitrogen and oxygen atoms in total. The summed E-state index contributed by atoms with van der Waals surface area (Å²) < 4.78 is 25.2. The Morgan fingerprint density at radius 2 is 2.20 bits per heavy atom. The minimum absolute atomic E-state index is 0.0277. The highest BCUT2D eigenvalue weighted by Crippen LogP contribution is 2.27. The average molecular weight is 231 g/mol. The number of hydrogen-bond acceptors (Lipinski definition) is 2. The Hall–Kier alpha value is -1.21. The summed E-state index contributed by atoms with van der Waals surface area (Å²) in [6, 6.07) is 1.92. The zero-order valence-corrected chi connectivity index (χ0v) is 8.85. The first kappa shape index (κ1) is 11.9. The van der Waals surface area contributed by atoms with Crippen LogP contribution in [0.25, 0.3) is 0 Å². The Morgan fingerprint density at radius 1 is 1.53 bits per heavy atom. The molecule has 0 saturated heterocycles. The quantitative estimate of drug-likeness (QED) is 0.748. The maximum atomic E-state index is 12.6. The third-order valence-corrected chi connectivity index (χ3v) is 2.44. The van der Waals surface area contributed by atoms with E-state index in [2.05, 4.69) is 4.98 Å². The molecule has 5 heteroatoms. The molecule has 0 N–H and O–H groups in total. The number of hydrogen-bond donors (Lipinski definition) is 0. The predicted molar refractivity (Wildman–Crippen MR) is 52.8 cm³/mol. The Bertz CT molecular complexity index is 399. The number of aryl methyl sites for hydroxylation is 1. The summed E-state index contributed by atoms with van der Waals surface area (Å²) in [6.07, 6.45) is -1.43. The molecule has 0 unspecified atom stereocenters. The van der Waals surface area contributed by atoms with Crippen LogP contribution in [0.4, 0.5) is 8.78 Å². The summed E-state index contributed by atoms with van der Waals surface area (Å²) in [4.78, 5) is 3.84. The summed E-state index contributed by atoms with van der Waals surface area (Å²) in [6.45, 7) is 1.68. The lowest BCUT2D eigenvalue weighted by molar-refractivity contribution is 0.150. The molecule has 0 aliphatic carbocycles. The summed E-state index contributed by atoms with van der Waals surface area (Å²) in [5, 5.41) is 8.59. The number of nitriles is 1. The number of aromatic nitrogens is 1. The fourth-order valence-electron chi connectivity index (χ4n) is 1.37. The van der Waals surface area contributed by atoms with Gasteiger partial charge in [0.05, 0.1) is 12.5 Å². The van der Waals surface area contributed by atoms with Gasteiger partial charge in [-0.2, -0.15) is 5.26 Å². The summed E-state index contributed by atoms with van der Waals surface area (Å²) >= 11 is 5.62.